The molecule has 11 nitrogen and oxygen atoms in total. The Morgan fingerprint density at radius 1 is 0.804 bits per heavy atom. The third-order valence-corrected chi connectivity index (χ3v) is 8.43. The van der Waals surface area contributed by atoms with Crippen molar-refractivity contribution in [3.8, 4) is 0 Å². The zero-order valence-electron chi connectivity index (χ0n) is 25.5. The van der Waals surface area contributed by atoms with Gasteiger partial charge in [0, 0.05) is 44.1 Å². The van der Waals surface area contributed by atoms with Crippen molar-refractivity contribution in [2.45, 2.75) is 57.3 Å². The Morgan fingerprint density at radius 2 is 1.43 bits per heavy atom. The summed E-state index contributed by atoms with van der Waals surface area (Å²) in [4.78, 5) is 66.2. The van der Waals surface area contributed by atoms with E-state index in [0.29, 0.717) is 43.6 Å². The fraction of sp³-hybridized carbons (Fsp3) is 0.343. The van der Waals surface area contributed by atoms with Gasteiger partial charge in [0.1, 0.15) is 18.7 Å². The van der Waals surface area contributed by atoms with E-state index in [1.807, 2.05) is 60.7 Å². The highest BCUT2D eigenvalue weighted by molar-refractivity contribution is 5.93. The summed E-state index contributed by atoms with van der Waals surface area (Å²) in [5.74, 6) is -2.21. The summed E-state index contributed by atoms with van der Waals surface area (Å²) in [6, 6.07) is 23.7. The third kappa shape index (κ3) is 8.50. The van der Waals surface area contributed by atoms with Crippen molar-refractivity contribution in [3.05, 3.63) is 102 Å². The van der Waals surface area contributed by atoms with Gasteiger partial charge >= 0.3 is 12.1 Å². The van der Waals surface area contributed by atoms with Crippen LogP contribution in [0.15, 0.2) is 84.9 Å². The van der Waals surface area contributed by atoms with E-state index < -0.39 is 30.1 Å². The first kappa shape index (κ1) is 32.2. The maximum Gasteiger partial charge on any atom is 0.410 e. The van der Waals surface area contributed by atoms with Gasteiger partial charge in [-0.05, 0) is 48.1 Å². The molecule has 2 atom stereocenters. The Bertz CT molecular complexity index is 1520. The summed E-state index contributed by atoms with van der Waals surface area (Å²) >= 11 is 0. The lowest BCUT2D eigenvalue weighted by molar-refractivity contribution is -0.143. The van der Waals surface area contributed by atoms with Crippen LogP contribution in [0.25, 0.3) is 0 Å². The van der Waals surface area contributed by atoms with Crippen molar-refractivity contribution in [1.29, 1.82) is 0 Å². The van der Waals surface area contributed by atoms with E-state index in [1.165, 1.54) is 4.90 Å². The standard InChI is InChI=1S/C35H38N4O7/c40-31-16-15-30(39(31)22-25-7-3-1-4-8-25)33(42)37-29(34(43)44)21-24-11-13-28(14-12-24)36-32(41)27-17-19-38(20-18-27)35(45)46-23-26-9-5-2-6-10-26/h1-14,27,29-30H,15-23H2,(H,36,41)(H,37,42)(H,43,44)/t29-,30-/m0/s1. The highest BCUT2D eigenvalue weighted by atomic mass is 16.6. The zero-order chi connectivity index (χ0) is 32.5. The Balaban J connectivity index is 1.08. The number of carboxylic acid groups (broad SMARTS) is 1. The van der Waals surface area contributed by atoms with Gasteiger partial charge in [-0.3, -0.25) is 14.4 Å². The fourth-order valence-corrected chi connectivity index (χ4v) is 5.79. The van der Waals surface area contributed by atoms with Crippen molar-refractivity contribution >= 4 is 35.5 Å². The molecule has 2 aliphatic rings. The number of hydrogen-bond acceptors (Lipinski definition) is 6. The second kappa shape index (κ2) is 15.2. The topological polar surface area (TPSA) is 145 Å². The minimum absolute atomic E-state index is 0.0352. The summed E-state index contributed by atoms with van der Waals surface area (Å²) in [6.07, 6.45) is 1.23. The van der Waals surface area contributed by atoms with E-state index in [9.17, 15) is 29.1 Å². The molecule has 3 N–H and O–H groups in total. The molecule has 0 saturated carbocycles. The Morgan fingerprint density at radius 3 is 2.07 bits per heavy atom. The molecular weight excluding hydrogens is 588 g/mol. The Labute approximate surface area is 267 Å². The van der Waals surface area contributed by atoms with Gasteiger partial charge in [-0.15, -0.1) is 0 Å². The third-order valence-electron chi connectivity index (χ3n) is 8.43. The van der Waals surface area contributed by atoms with E-state index in [-0.39, 0.29) is 43.7 Å². The highest BCUT2D eigenvalue weighted by Crippen LogP contribution is 2.23. The van der Waals surface area contributed by atoms with Crippen molar-refractivity contribution in [1.82, 2.24) is 15.1 Å². The lowest BCUT2D eigenvalue weighted by atomic mass is 9.96. The van der Waals surface area contributed by atoms with Gasteiger partial charge in [0.25, 0.3) is 0 Å². The number of carboxylic acids is 1. The number of piperidine rings is 1. The second-order valence-electron chi connectivity index (χ2n) is 11.7. The molecule has 0 aromatic heterocycles. The van der Waals surface area contributed by atoms with Crippen LogP contribution in [0.1, 0.15) is 42.4 Å². The molecule has 0 spiro atoms. The minimum atomic E-state index is -1.19. The van der Waals surface area contributed by atoms with E-state index in [0.717, 1.165) is 11.1 Å². The predicted octanol–water partition coefficient (Wildman–Crippen LogP) is 3.98. The number of amides is 4. The maximum absolute atomic E-state index is 13.1. The summed E-state index contributed by atoms with van der Waals surface area (Å²) in [5.41, 5.74) is 3.03. The molecular formula is C35H38N4O7. The Kier molecular flexibility index (Phi) is 10.6. The van der Waals surface area contributed by atoms with Crippen LogP contribution >= 0.6 is 0 Å². The van der Waals surface area contributed by atoms with E-state index in [1.54, 1.807) is 29.2 Å². The van der Waals surface area contributed by atoms with Crippen molar-refractivity contribution in [2.75, 3.05) is 18.4 Å². The number of rotatable bonds is 11. The van der Waals surface area contributed by atoms with Crippen molar-refractivity contribution in [3.63, 3.8) is 0 Å². The SMILES string of the molecule is O=C(Nc1ccc(C[C@H](NC(=O)[C@@H]2CCC(=O)N2Cc2ccccc2)C(=O)O)cc1)C1CCN(C(=O)OCc2ccccc2)CC1. The van der Waals surface area contributed by atoms with E-state index >= 15 is 0 Å². The number of benzene rings is 3. The summed E-state index contributed by atoms with van der Waals surface area (Å²) in [6.45, 7) is 1.32. The van der Waals surface area contributed by atoms with Gasteiger partial charge in [-0.25, -0.2) is 9.59 Å². The van der Waals surface area contributed by atoms with Crippen LogP contribution in [0.3, 0.4) is 0 Å². The lowest BCUT2D eigenvalue weighted by Gasteiger charge is -2.30. The predicted molar refractivity (Wildman–Crippen MR) is 169 cm³/mol. The van der Waals surface area contributed by atoms with Gasteiger partial charge in [-0.1, -0.05) is 72.8 Å². The first-order chi connectivity index (χ1) is 22.3. The molecule has 46 heavy (non-hydrogen) atoms. The zero-order valence-corrected chi connectivity index (χ0v) is 25.5. The van der Waals surface area contributed by atoms with Crippen LogP contribution in [0.2, 0.25) is 0 Å². The lowest BCUT2D eigenvalue weighted by Crippen LogP contribution is -2.50. The van der Waals surface area contributed by atoms with Crippen LogP contribution in [0.5, 0.6) is 0 Å². The quantitative estimate of drug-likeness (QED) is 0.292. The molecule has 3 aromatic carbocycles. The first-order valence-electron chi connectivity index (χ1n) is 15.5. The van der Waals surface area contributed by atoms with Gasteiger partial charge in [0.2, 0.25) is 17.7 Å². The summed E-state index contributed by atoms with van der Waals surface area (Å²) in [7, 11) is 0. The van der Waals surface area contributed by atoms with Gasteiger partial charge in [0.15, 0.2) is 0 Å². The molecule has 0 unspecified atom stereocenters. The molecule has 0 radical (unpaired) electrons. The average molecular weight is 627 g/mol. The molecule has 2 fully saturated rings. The van der Waals surface area contributed by atoms with Crippen molar-refractivity contribution in [2.24, 2.45) is 5.92 Å². The van der Waals surface area contributed by atoms with Gasteiger partial charge < -0.3 is 30.3 Å². The number of hydrogen-bond donors (Lipinski definition) is 3. The first-order valence-corrected chi connectivity index (χ1v) is 15.5. The summed E-state index contributed by atoms with van der Waals surface area (Å²) < 4.78 is 5.40. The fourth-order valence-electron chi connectivity index (χ4n) is 5.79. The molecule has 11 heteroatoms. The number of nitrogens with one attached hydrogen (secondary N) is 2. The number of aliphatic carboxylic acids is 1. The largest absolute Gasteiger partial charge is 0.480 e. The molecule has 2 heterocycles. The number of carbonyl (C=O) groups is 5. The molecule has 240 valence electrons. The molecule has 2 saturated heterocycles. The molecule has 0 bridgehead atoms. The monoisotopic (exact) mass is 626 g/mol. The molecule has 5 rings (SSSR count). The Hall–Kier alpha value is -5.19. The number of likely N-dealkylation sites (tertiary alicyclic amines) is 2. The number of carbonyl (C=O) groups excluding carboxylic acids is 4. The average Bonchev–Trinajstić information content (AvgIpc) is 3.44. The molecule has 3 aromatic rings. The maximum atomic E-state index is 13.1. The van der Waals surface area contributed by atoms with E-state index in [2.05, 4.69) is 10.6 Å². The summed E-state index contributed by atoms with van der Waals surface area (Å²) in [5, 5.41) is 15.4. The van der Waals surface area contributed by atoms with Crippen LogP contribution in [0, 0.1) is 5.92 Å². The molecule has 4 amide bonds. The van der Waals surface area contributed by atoms with Gasteiger partial charge in [0.05, 0.1) is 0 Å². The second-order valence-corrected chi connectivity index (χ2v) is 11.7. The molecule has 0 aliphatic carbocycles. The van der Waals surface area contributed by atoms with Crippen LogP contribution in [-0.2, 0) is 43.5 Å². The van der Waals surface area contributed by atoms with Crippen LogP contribution < -0.4 is 10.6 Å². The normalized spacial score (nSPS) is 17.3. The molecule has 2 aliphatic heterocycles. The number of nitrogens with zero attached hydrogens (tertiary/aromatic N) is 2. The van der Waals surface area contributed by atoms with Gasteiger partial charge in [-0.2, -0.15) is 0 Å². The van der Waals surface area contributed by atoms with Crippen LogP contribution in [0.4, 0.5) is 10.5 Å². The number of anilines is 1. The minimum Gasteiger partial charge on any atom is -0.480 e. The number of ether oxygens (including phenoxy) is 1. The van der Waals surface area contributed by atoms with Crippen LogP contribution in [-0.4, -0.2) is 69.9 Å². The van der Waals surface area contributed by atoms with E-state index in [4.69, 9.17) is 4.74 Å². The smallest absolute Gasteiger partial charge is 0.410 e. The highest BCUT2D eigenvalue weighted by Gasteiger charge is 2.37. The van der Waals surface area contributed by atoms with Crippen molar-refractivity contribution < 1.29 is 33.8 Å².